The Bertz CT molecular complexity index is 841. The molecule has 29 heavy (non-hydrogen) atoms. The van der Waals surface area contributed by atoms with E-state index < -0.39 is 10.0 Å². The van der Waals surface area contributed by atoms with E-state index >= 15 is 0 Å². The number of hydrogen-bond acceptors (Lipinski definition) is 3. The summed E-state index contributed by atoms with van der Waals surface area (Å²) in [5.74, 6) is 0.162. The van der Waals surface area contributed by atoms with Crippen molar-refractivity contribution >= 4 is 22.0 Å². The Morgan fingerprint density at radius 1 is 1.21 bits per heavy atom. The molecule has 6 nitrogen and oxygen atoms in total. The zero-order valence-electron chi connectivity index (χ0n) is 17.2. The number of sulfonamides is 1. The topological polar surface area (TPSA) is 62.1 Å². The lowest BCUT2D eigenvalue weighted by atomic mass is 10.2. The molecule has 0 spiro atoms. The minimum Gasteiger partial charge on any atom is -0.325 e. The Morgan fingerprint density at radius 2 is 1.93 bits per heavy atom. The molecule has 1 heterocycles. The minimum absolute atomic E-state index is 0.162. The normalized spacial score (nSPS) is 18.9. The van der Waals surface area contributed by atoms with Crippen LogP contribution >= 0.6 is 0 Å². The predicted octanol–water partition coefficient (Wildman–Crippen LogP) is 1.49. The van der Waals surface area contributed by atoms with Crippen molar-refractivity contribution in [2.75, 3.05) is 39.3 Å². The molecule has 1 aliphatic carbocycles. The first-order valence-corrected chi connectivity index (χ1v) is 12.1. The Morgan fingerprint density at radius 3 is 2.55 bits per heavy atom. The third-order valence-electron chi connectivity index (χ3n) is 5.53. The number of piperazine rings is 1. The van der Waals surface area contributed by atoms with Gasteiger partial charge in [-0.3, -0.25) is 4.79 Å². The highest BCUT2D eigenvalue weighted by atomic mass is 32.2. The maximum absolute atomic E-state index is 12.8. The number of allylic oxidation sites excluding steroid dienone is 2. The van der Waals surface area contributed by atoms with Crippen molar-refractivity contribution in [2.45, 2.75) is 32.6 Å². The maximum Gasteiger partial charge on any atom is 0.281 e. The molecule has 1 amide bonds. The molecule has 1 aromatic rings. The second kappa shape index (κ2) is 10.2. The van der Waals surface area contributed by atoms with Gasteiger partial charge >= 0.3 is 0 Å². The fraction of sp³-hybridized carbons (Fsp3) is 0.500. The zero-order valence-corrected chi connectivity index (χ0v) is 18.0. The van der Waals surface area contributed by atoms with Crippen molar-refractivity contribution in [2.24, 2.45) is 0 Å². The van der Waals surface area contributed by atoms with Crippen molar-refractivity contribution < 1.29 is 18.1 Å². The first kappa shape index (κ1) is 21.7. The summed E-state index contributed by atoms with van der Waals surface area (Å²) >= 11 is 0. The summed E-state index contributed by atoms with van der Waals surface area (Å²) in [6, 6.07) is 9.42. The Labute approximate surface area is 174 Å². The van der Waals surface area contributed by atoms with E-state index in [2.05, 4.69) is 13.0 Å². The van der Waals surface area contributed by atoms with Gasteiger partial charge in [0.1, 0.15) is 0 Å². The molecule has 0 radical (unpaired) electrons. The summed E-state index contributed by atoms with van der Waals surface area (Å²) in [6.07, 6.45) is 7.94. The second-order valence-corrected chi connectivity index (χ2v) is 9.54. The first-order chi connectivity index (χ1) is 14.0. The van der Waals surface area contributed by atoms with E-state index in [0.717, 1.165) is 42.7 Å². The van der Waals surface area contributed by atoms with Crippen LogP contribution in [-0.2, 0) is 14.8 Å². The van der Waals surface area contributed by atoms with E-state index in [-0.39, 0.29) is 5.91 Å². The third kappa shape index (κ3) is 6.01. The van der Waals surface area contributed by atoms with Crippen molar-refractivity contribution in [3.63, 3.8) is 0 Å². The number of rotatable bonds is 8. The number of nitrogens with one attached hydrogen (secondary N) is 1. The van der Waals surface area contributed by atoms with Crippen LogP contribution in [0.3, 0.4) is 0 Å². The van der Waals surface area contributed by atoms with Crippen molar-refractivity contribution in [1.82, 2.24) is 9.21 Å². The van der Waals surface area contributed by atoms with Crippen molar-refractivity contribution in [3.05, 3.63) is 53.1 Å². The van der Waals surface area contributed by atoms with Gasteiger partial charge in [-0.15, -0.1) is 0 Å². The van der Waals surface area contributed by atoms with E-state index in [4.69, 9.17) is 0 Å². The molecule has 3 rings (SSSR count). The summed E-state index contributed by atoms with van der Waals surface area (Å²) < 4.78 is 26.7. The third-order valence-corrected chi connectivity index (χ3v) is 7.10. The zero-order chi connectivity index (χ0) is 20.7. The van der Waals surface area contributed by atoms with Gasteiger partial charge in [0.2, 0.25) is 10.0 Å². The molecular formula is C22H32N3O3S+. The van der Waals surface area contributed by atoms with E-state index in [1.165, 1.54) is 15.4 Å². The highest BCUT2D eigenvalue weighted by molar-refractivity contribution is 7.92. The van der Waals surface area contributed by atoms with Crippen LogP contribution in [0.25, 0.3) is 6.08 Å². The molecule has 1 aromatic carbocycles. The number of amides is 1. The lowest BCUT2D eigenvalue weighted by Gasteiger charge is -2.32. The summed E-state index contributed by atoms with van der Waals surface area (Å²) in [6.45, 7) is 5.50. The number of quaternary nitrogens is 1. The van der Waals surface area contributed by atoms with E-state index in [0.29, 0.717) is 32.7 Å². The molecule has 7 heteroatoms. The summed E-state index contributed by atoms with van der Waals surface area (Å²) in [7, 11) is -3.44. The number of nitrogens with zero attached hydrogens (tertiary/aromatic N) is 2. The number of carbonyl (C=O) groups is 1. The van der Waals surface area contributed by atoms with Crippen LogP contribution in [-0.4, -0.2) is 62.8 Å². The largest absolute Gasteiger partial charge is 0.325 e. The van der Waals surface area contributed by atoms with Crippen LogP contribution in [0.5, 0.6) is 0 Å². The van der Waals surface area contributed by atoms with E-state index in [9.17, 15) is 13.2 Å². The molecule has 0 atom stereocenters. The fourth-order valence-electron chi connectivity index (χ4n) is 3.91. The second-order valence-electron chi connectivity index (χ2n) is 7.72. The minimum atomic E-state index is -3.44. The molecule has 0 unspecified atom stereocenters. The lowest BCUT2D eigenvalue weighted by Crippen LogP contribution is -3.15. The van der Waals surface area contributed by atoms with Crippen LogP contribution in [0.4, 0.5) is 0 Å². The average molecular weight is 419 g/mol. The highest BCUT2D eigenvalue weighted by Crippen LogP contribution is 2.21. The average Bonchev–Trinajstić information content (AvgIpc) is 3.26. The van der Waals surface area contributed by atoms with Gasteiger partial charge in [0.05, 0.1) is 26.2 Å². The first-order valence-electron chi connectivity index (χ1n) is 10.6. The standard InChI is InChI=1S/C22H31N3O3S/c1-2-13-25(21-10-6-7-11-21)22(26)19-23-14-16-24(17-15-23)29(27,28)18-12-20-8-4-3-5-9-20/h3-5,8-10,12,18H,2,6-7,11,13-17,19H2,1H3/p+1/b18-12+. The van der Waals surface area contributed by atoms with E-state index in [1.54, 1.807) is 6.08 Å². The maximum atomic E-state index is 12.8. The van der Waals surface area contributed by atoms with Gasteiger partial charge in [-0.1, -0.05) is 43.3 Å². The quantitative estimate of drug-likeness (QED) is 0.696. The summed E-state index contributed by atoms with van der Waals surface area (Å²) in [4.78, 5) is 16.0. The predicted molar refractivity (Wildman–Crippen MR) is 115 cm³/mol. The molecule has 0 saturated carbocycles. The fourth-order valence-corrected chi connectivity index (χ4v) is 5.10. The number of carbonyl (C=O) groups excluding carboxylic acids is 1. The molecule has 1 aliphatic heterocycles. The van der Waals surface area contributed by atoms with Gasteiger partial charge in [0.15, 0.2) is 6.54 Å². The van der Waals surface area contributed by atoms with Gasteiger partial charge < -0.3 is 9.80 Å². The molecule has 1 saturated heterocycles. The van der Waals surface area contributed by atoms with Gasteiger partial charge in [0, 0.05) is 17.6 Å². The highest BCUT2D eigenvalue weighted by Gasteiger charge is 2.30. The molecule has 1 fully saturated rings. The molecule has 0 aromatic heterocycles. The van der Waals surface area contributed by atoms with Crippen LogP contribution < -0.4 is 4.90 Å². The number of benzene rings is 1. The molecule has 2 aliphatic rings. The van der Waals surface area contributed by atoms with Gasteiger partial charge in [0.25, 0.3) is 5.91 Å². The van der Waals surface area contributed by atoms with Crippen LogP contribution in [0, 0.1) is 0 Å². The molecule has 158 valence electrons. The summed E-state index contributed by atoms with van der Waals surface area (Å²) in [5.41, 5.74) is 2.03. The van der Waals surface area contributed by atoms with Crippen molar-refractivity contribution in [1.29, 1.82) is 0 Å². The van der Waals surface area contributed by atoms with Crippen LogP contribution in [0.1, 0.15) is 38.2 Å². The molecule has 0 bridgehead atoms. The van der Waals surface area contributed by atoms with Crippen LogP contribution in [0.15, 0.2) is 47.5 Å². The van der Waals surface area contributed by atoms with Gasteiger partial charge in [-0.25, -0.2) is 8.42 Å². The smallest absolute Gasteiger partial charge is 0.281 e. The Hall–Kier alpha value is -1.96. The molecular weight excluding hydrogens is 386 g/mol. The van der Waals surface area contributed by atoms with Crippen molar-refractivity contribution in [3.8, 4) is 0 Å². The molecule has 1 N–H and O–H groups in total. The van der Waals surface area contributed by atoms with Gasteiger partial charge in [-0.05, 0) is 37.3 Å². The van der Waals surface area contributed by atoms with E-state index in [1.807, 2.05) is 35.2 Å². The van der Waals surface area contributed by atoms with Crippen LogP contribution in [0.2, 0.25) is 0 Å². The lowest BCUT2D eigenvalue weighted by molar-refractivity contribution is -0.895. The Balaban J connectivity index is 1.53. The Kier molecular flexibility index (Phi) is 7.64. The van der Waals surface area contributed by atoms with Gasteiger partial charge in [-0.2, -0.15) is 4.31 Å². The monoisotopic (exact) mass is 418 g/mol. The summed E-state index contributed by atoms with van der Waals surface area (Å²) in [5, 5.41) is 1.29. The SMILES string of the molecule is CCCN(C(=O)C[NH+]1CCN(S(=O)(=O)/C=C/c2ccccc2)CC1)C1=CCCC1. The number of hydrogen-bond donors (Lipinski definition) is 1.